The lowest BCUT2D eigenvalue weighted by atomic mass is 10.1. The van der Waals surface area contributed by atoms with Gasteiger partial charge in [0.2, 0.25) is 0 Å². The molecule has 0 radical (unpaired) electrons. The minimum Gasteiger partial charge on any atom is -0.311 e. The van der Waals surface area contributed by atoms with E-state index in [0.717, 1.165) is 13.0 Å². The van der Waals surface area contributed by atoms with E-state index in [1.165, 1.54) is 23.0 Å². The number of nitrogens with zero attached hydrogens (tertiary/aromatic N) is 3. The van der Waals surface area contributed by atoms with Crippen molar-refractivity contribution in [2.24, 2.45) is 0 Å². The molecule has 0 bridgehead atoms. The van der Waals surface area contributed by atoms with Crippen LogP contribution in [0.3, 0.4) is 0 Å². The highest BCUT2D eigenvalue weighted by molar-refractivity contribution is 8.06. The zero-order valence-corrected chi connectivity index (χ0v) is 12.1. The molecule has 0 amide bonds. The molecule has 1 aliphatic rings. The SMILES string of the molecule is CCCn1nncc1C(NC)C1CSCCS1. The van der Waals surface area contributed by atoms with Crippen molar-refractivity contribution in [3.8, 4) is 0 Å². The number of rotatable bonds is 5. The molecule has 0 saturated carbocycles. The highest BCUT2D eigenvalue weighted by Crippen LogP contribution is 2.33. The number of aromatic nitrogens is 3. The highest BCUT2D eigenvalue weighted by Gasteiger charge is 2.27. The Morgan fingerprint density at radius 2 is 2.47 bits per heavy atom. The van der Waals surface area contributed by atoms with Crippen molar-refractivity contribution < 1.29 is 0 Å². The van der Waals surface area contributed by atoms with E-state index < -0.39 is 0 Å². The number of aryl methyl sites for hydroxylation is 1. The van der Waals surface area contributed by atoms with Gasteiger partial charge in [-0.05, 0) is 13.5 Å². The van der Waals surface area contributed by atoms with Crippen LogP contribution < -0.4 is 5.32 Å². The molecule has 1 aromatic rings. The molecule has 2 unspecified atom stereocenters. The fourth-order valence-electron chi connectivity index (χ4n) is 2.11. The Balaban J connectivity index is 2.12. The summed E-state index contributed by atoms with van der Waals surface area (Å²) in [4.78, 5) is 0. The molecule has 2 atom stereocenters. The molecule has 1 fully saturated rings. The van der Waals surface area contributed by atoms with Crippen molar-refractivity contribution in [2.45, 2.75) is 31.2 Å². The first-order valence-corrected chi connectivity index (χ1v) is 8.32. The number of hydrogen-bond donors (Lipinski definition) is 1. The number of hydrogen-bond acceptors (Lipinski definition) is 5. The second kappa shape index (κ2) is 6.66. The lowest BCUT2D eigenvalue weighted by molar-refractivity contribution is 0.491. The van der Waals surface area contributed by atoms with E-state index in [1.807, 2.05) is 17.9 Å². The predicted octanol–water partition coefficient (Wildman–Crippen LogP) is 1.80. The van der Waals surface area contributed by atoms with Crippen LogP contribution in [0.5, 0.6) is 0 Å². The maximum absolute atomic E-state index is 4.18. The van der Waals surface area contributed by atoms with Gasteiger partial charge in [-0.2, -0.15) is 23.5 Å². The average Bonchev–Trinajstić information content (AvgIpc) is 2.81. The maximum Gasteiger partial charge on any atom is 0.0768 e. The molecule has 0 aromatic carbocycles. The van der Waals surface area contributed by atoms with E-state index in [9.17, 15) is 0 Å². The smallest absolute Gasteiger partial charge is 0.0768 e. The monoisotopic (exact) mass is 272 g/mol. The van der Waals surface area contributed by atoms with Gasteiger partial charge in [0.15, 0.2) is 0 Å². The van der Waals surface area contributed by atoms with Crippen LogP contribution in [0.15, 0.2) is 6.20 Å². The lowest BCUT2D eigenvalue weighted by Gasteiger charge is -2.29. The second-order valence-electron chi connectivity index (χ2n) is 4.13. The van der Waals surface area contributed by atoms with Gasteiger partial charge >= 0.3 is 0 Å². The minimum atomic E-state index is 0.370. The molecule has 96 valence electrons. The zero-order chi connectivity index (χ0) is 12.1. The van der Waals surface area contributed by atoms with E-state index in [2.05, 4.69) is 46.1 Å². The van der Waals surface area contributed by atoms with Gasteiger partial charge in [0.1, 0.15) is 0 Å². The normalized spacial score (nSPS) is 22.6. The third-order valence-corrected chi connectivity index (χ3v) is 5.79. The molecule has 4 nitrogen and oxygen atoms in total. The molecular weight excluding hydrogens is 252 g/mol. The van der Waals surface area contributed by atoms with Crippen LogP contribution in [0.25, 0.3) is 0 Å². The van der Waals surface area contributed by atoms with Crippen LogP contribution in [-0.2, 0) is 6.54 Å². The Bertz CT molecular complexity index is 336. The highest BCUT2D eigenvalue weighted by atomic mass is 32.2. The first-order valence-electron chi connectivity index (χ1n) is 6.11. The maximum atomic E-state index is 4.18. The Morgan fingerprint density at radius 1 is 1.59 bits per heavy atom. The van der Waals surface area contributed by atoms with E-state index in [1.54, 1.807) is 0 Å². The third kappa shape index (κ3) is 3.17. The standard InChI is InChI=1S/C11H20N4S2/c1-3-4-15-9(7-13-14-15)11(12-2)10-8-16-5-6-17-10/h7,10-12H,3-6,8H2,1-2H3. The van der Waals surface area contributed by atoms with Gasteiger partial charge in [0, 0.05) is 29.1 Å². The zero-order valence-electron chi connectivity index (χ0n) is 10.4. The molecule has 1 aromatic heterocycles. The van der Waals surface area contributed by atoms with Crippen molar-refractivity contribution in [3.05, 3.63) is 11.9 Å². The second-order valence-corrected chi connectivity index (χ2v) is 6.63. The van der Waals surface area contributed by atoms with Gasteiger partial charge in [0.25, 0.3) is 0 Å². The minimum absolute atomic E-state index is 0.370. The summed E-state index contributed by atoms with van der Waals surface area (Å²) < 4.78 is 2.04. The van der Waals surface area contributed by atoms with Gasteiger partial charge in [-0.1, -0.05) is 12.1 Å². The fraction of sp³-hybridized carbons (Fsp3) is 0.818. The molecular formula is C11H20N4S2. The first-order chi connectivity index (χ1) is 8.36. The summed E-state index contributed by atoms with van der Waals surface area (Å²) in [7, 11) is 2.04. The van der Waals surface area contributed by atoms with Gasteiger partial charge < -0.3 is 5.32 Å². The van der Waals surface area contributed by atoms with Crippen LogP contribution >= 0.6 is 23.5 Å². The van der Waals surface area contributed by atoms with Crippen LogP contribution in [0.4, 0.5) is 0 Å². The average molecular weight is 272 g/mol. The molecule has 17 heavy (non-hydrogen) atoms. The van der Waals surface area contributed by atoms with Crippen LogP contribution in [-0.4, -0.2) is 44.6 Å². The van der Waals surface area contributed by atoms with Crippen molar-refractivity contribution in [1.29, 1.82) is 0 Å². The fourth-order valence-corrected chi connectivity index (χ4v) is 5.01. The summed E-state index contributed by atoms with van der Waals surface area (Å²) in [5.41, 5.74) is 1.23. The number of thioether (sulfide) groups is 2. The molecule has 2 heterocycles. The van der Waals surface area contributed by atoms with Crippen LogP contribution in [0, 0.1) is 0 Å². The Morgan fingerprint density at radius 3 is 3.12 bits per heavy atom. The topological polar surface area (TPSA) is 42.7 Å². The first kappa shape index (κ1) is 13.2. The van der Waals surface area contributed by atoms with E-state index >= 15 is 0 Å². The molecule has 1 aliphatic heterocycles. The van der Waals surface area contributed by atoms with Gasteiger partial charge in [-0.15, -0.1) is 5.10 Å². The Kier molecular flexibility index (Phi) is 5.18. The van der Waals surface area contributed by atoms with Gasteiger partial charge in [-0.25, -0.2) is 4.68 Å². The van der Waals surface area contributed by atoms with Crippen LogP contribution in [0.2, 0.25) is 0 Å². The van der Waals surface area contributed by atoms with E-state index in [4.69, 9.17) is 0 Å². The summed E-state index contributed by atoms with van der Waals surface area (Å²) >= 11 is 4.12. The Hall–Kier alpha value is -0.200. The summed E-state index contributed by atoms with van der Waals surface area (Å²) in [6.45, 7) is 3.13. The quantitative estimate of drug-likeness (QED) is 0.885. The van der Waals surface area contributed by atoms with E-state index in [-0.39, 0.29) is 0 Å². The molecule has 1 N–H and O–H groups in total. The Labute approximate surface area is 111 Å². The van der Waals surface area contributed by atoms with E-state index in [0.29, 0.717) is 11.3 Å². The molecule has 1 saturated heterocycles. The van der Waals surface area contributed by atoms with Crippen LogP contribution in [0.1, 0.15) is 25.1 Å². The van der Waals surface area contributed by atoms with Gasteiger partial charge in [0.05, 0.1) is 17.9 Å². The summed E-state index contributed by atoms with van der Waals surface area (Å²) in [5.74, 6) is 3.75. The van der Waals surface area contributed by atoms with Gasteiger partial charge in [-0.3, -0.25) is 0 Å². The summed E-state index contributed by atoms with van der Waals surface area (Å²) in [6.07, 6.45) is 3.01. The van der Waals surface area contributed by atoms with Crippen molar-refractivity contribution in [1.82, 2.24) is 20.3 Å². The molecule has 0 spiro atoms. The van der Waals surface area contributed by atoms with Crippen molar-refractivity contribution >= 4 is 23.5 Å². The van der Waals surface area contributed by atoms with Crippen molar-refractivity contribution in [3.63, 3.8) is 0 Å². The largest absolute Gasteiger partial charge is 0.311 e. The molecule has 2 rings (SSSR count). The number of nitrogens with one attached hydrogen (secondary N) is 1. The third-order valence-electron chi connectivity index (χ3n) is 2.93. The lowest BCUT2D eigenvalue weighted by Crippen LogP contribution is -2.33. The van der Waals surface area contributed by atoms with Crippen molar-refractivity contribution in [2.75, 3.05) is 24.3 Å². The molecule has 6 heteroatoms. The summed E-state index contributed by atoms with van der Waals surface area (Å²) in [6, 6.07) is 0.370. The molecule has 0 aliphatic carbocycles. The summed E-state index contributed by atoms with van der Waals surface area (Å²) in [5, 5.41) is 12.3. The predicted molar refractivity (Wildman–Crippen MR) is 75.7 cm³/mol.